The van der Waals surface area contributed by atoms with E-state index in [0.29, 0.717) is 5.70 Å². The first-order chi connectivity index (χ1) is 22.9. The van der Waals surface area contributed by atoms with Gasteiger partial charge in [0.25, 0.3) is 0 Å². The van der Waals surface area contributed by atoms with Gasteiger partial charge in [0.2, 0.25) is 11.4 Å². The molecular formula is C44H42N3+. The summed E-state index contributed by atoms with van der Waals surface area (Å²) < 4.78 is 2.29. The van der Waals surface area contributed by atoms with Crippen molar-refractivity contribution in [3.05, 3.63) is 192 Å². The zero-order chi connectivity index (χ0) is 33.2. The van der Waals surface area contributed by atoms with Crippen LogP contribution in [0.1, 0.15) is 38.3 Å². The minimum absolute atomic E-state index is 0.709. The van der Waals surface area contributed by atoms with Gasteiger partial charge in [0.15, 0.2) is 6.21 Å². The van der Waals surface area contributed by atoms with Gasteiger partial charge in [-0.05, 0) is 84.9 Å². The Labute approximate surface area is 279 Å². The van der Waals surface area contributed by atoms with Gasteiger partial charge in [-0.15, -0.1) is 0 Å². The molecule has 3 nitrogen and oxygen atoms in total. The van der Waals surface area contributed by atoms with Gasteiger partial charge < -0.3 is 5.73 Å². The van der Waals surface area contributed by atoms with Gasteiger partial charge in [-0.2, -0.15) is 4.58 Å². The Morgan fingerprint density at radius 1 is 0.830 bits per heavy atom. The number of nitrogens with two attached hydrogens (primary N) is 1. The van der Waals surface area contributed by atoms with Crippen LogP contribution in [0.3, 0.4) is 0 Å². The maximum absolute atomic E-state index is 6.12. The van der Waals surface area contributed by atoms with Crippen LogP contribution < -0.4 is 5.73 Å². The Morgan fingerprint density at radius 3 is 2.23 bits per heavy atom. The smallest absolute Gasteiger partial charge is 0.222 e. The molecule has 2 aliphatic heterocycles. The third-order valence-electron chi connectivity index (χ3n) is 8.39. The number of benzene rings is 3. The highest BCUT2D eigenvalue weighted by atomic mass is 15.0. The summed E-state index contributed by atoms with van der Waals surface area (Å²) in [6, 6.07) is 25.9. The van der Waals surface area contributed by atoms with Crippen molar-refractivity contribution in [3.8, 4) is 22.3 Å². The van der Waals surface area contributed by atoms with E-state index in [-0.39, 0.29) is 0 Å². The molecule has 3 aromatic carbocycles. The van der Waals surface area contributed by atoms with Gasteiger partial charge in [-0.25, -0.2) is 0 Å². The Hall–Kier alpha value is -5.80. The van der Waals surface area contributed by atoms with Crippen molar-refractivity contribution in [2.24, 2.45) is 10.7 Å². The van der Waals surface area contributed by atoms with Crippen molar-refractivity contribution in [3.63, 3.8) is 0 Å². The normalized spacial score (nSPS) is 16.2. The topological polar surface area (TPSA) is 41.4 Å². The predicted molar refractivity (Wildman–Crippen MR) is 204 cm³/mol. The molecule has 3 heteroatoms. The van der Waals surface area contributed by atoms with Crippen molar-refractivity contribution in [2.75, 3.05) is 0 Å². The van der Waals surface area contributed by atoms with Crippen LogP contribution >= 0.6 is 0 Å². The van der Waals surface area contributed by atoms with E-state index >= 15 is 0 Å². The van der Waals surface area contributed by atoms with Gasteiger partial charge in [0.05, 0.1) is 5.56 Å². The molecule has 0 spiro atoms. The van der Waals surface area contributed by atoms with Gasteiger partial charge >= 0.3 is 0 Å². The molecule has 232 valence electrons. The van der Waals surface area contributed by atoms with Crippen molar-refractivity contribution in [1.82, 2.24) is 0 Å². The van der Waals surface area contributed by atoms with Crippen LogP contribution in [0.4, 0.5) is 0 Å². The second-order valence-corrected chi connectivity index (χ2v) is 11.4. The highest BCUT2D eigenvalue weighted by molar-refractivity contribution is 5.89. The maximum Gasteiger partial charge on any atom is 0.222 e. The zero-order valence-electron chi connectivity index (χ0n) is 27.5. The second-order valence-electron chi connectivity index (χ2n) is 11.4. The third kappa shape index (κ3) is 7.54. The van der Waals surface area contributed by atoms with E-state index in [2.05, 4.69) is 134 Å². The SMILES string of the molecule is C=C/C(=C\C1=C(C)C(C)=C(c2ccc(-c3cccc(-c4ccccc4)c3)cc2C=C)[N+]1=C/C=C\C=C/C)C/C=C\C=C(/N)C1=CN=C1. The molecule has 3 aromatic rings. The summed E-state index contributed by atoms with van der Waals surface area (Å²) in [6.07, 6.45) is 26.7. The first kappa shape index (κ1) is 32.6. The number of aliphatic imine (C=N–C) groups is 1. The Kier molecular flexibility index (Phi) is 10.7. The summed E-state index contributed by atoms with van der Waals surface area (Å²) in [5.74, 6) is 0. The average molecular weight is 613 g/mol. The Balaban J connectivity index is 1.50. The number of nitrogens with zero attached hydrogens (tertiary/aromatic N) is 2. The standard InChI is InChI=1S/C44H42N3/c1-6-9-10-16-26-47-43(27-34(7-2)18-14-15-23-42(45)40-30-46-31-40)32(4)33(5)44(47)41-25-24-39(28-35(41)8-3)38-22-17-21-37(29-38)36-19-12-11-13-20-36/h6-17,19-31H,2-3,18,45H2,1,4-5H3/q+1/b9-6-,15-14-,16-10-,34-27+,42-23-,47-26?. The predicted octanol–water partition coefficient (Wildman–Crippen LogP) is 10.8. The molecule has 0 unspecified atom stereocenters. The van der Waals surface area contributed by atoms with Crippen molar-refractivity contribution in [2.45, 2.75) is 27.2 Å². The van der Waals surface area contributed by atoms with Crippen LogP contribution in [0.2, 0.25) is 0 Å². The number of hydrogen-bond donors (Lipinski definition) is 1. The molecule has 0 saturated heterocycles. The van der Waals surface area contributed by atoms with Gasteiger partial charge in [-0.1, -0.05) is 110 Å². The molecule has 0 aliphatic carbocycles. The summed E-state index contributed by atoms with van der Waals surface area (Å²) >= 11 is 0. The molecule has 47 heavy (non-hydrogen) atoms. The monoisotopic (exact) mass is 612 g/mol. The van der Waals surface area contributed by atoms with E-state index in [1.165, 1.54) is 27.8 Å². The Morgan fingerprint density at radius 2 is 1.55 bits per heavy atom. The molecule has 2 heterocycles. The fraction of sp³-hybridized carbons (Fsp3) is 0.0909. The lowest BCUT2D eigenvalue weighted by Crippen LogP contribution is -2.09. The summed E-state index contributed by atoms with van der Waals surface area (Å²) in [4.78, 5) is 3.98. The molecule has 0 radical (unpaired) electrons. The number of allylic oxidation sites excluding steroid dienone is 13. The average Bonchev–Trinajstić information content (AvgIpc) is 3.31. The fourth-order valence-corrected chi connectivity index (χ4v) is 5.61. The largest absolute Gasteiger partial charge is 0.398 e. The molecular weight excluding hydrogens is 571 g/mol. The summed E-state index contributed by atoms with van der Waals surface area (Å²) in [5.41, 5.74) is 20.5. The van der Waals surface area contributed by atoms with Crippen LogP contribution in [0.15, 0.2) is 186 Å². The maximum atomic E-state index is 6.12. The van der Waals surface area contributed by atoms with E-state index in [0.717, 1.165) is 45.7 Å². The van der Waals surface area contributed by atoms with Crippen molar-refractivity contribution >= 4 is 24.2 Å². The van der Waals surface area contributed by atoms with Crippen LogP contribution in [0, 0.1) is 0 Å². The molecule has 0 aromatic heterocycles. The lowest BCUT2D eigenvalue weighted by molar-refractivity contribution is -0.358. The van der Waals surface area contributed by atoms with E-state index in [4.69, 9.17) is 5.73 Å². The fourth-order valence-electron chi connectivity index (χ4n) is 5.61. The summed E-state index contributed by atoms with van der Waals surface area (Å²) in [6.45, 7) is 14.8. The molecule has 0 bridgehead atoms. The summed E-state index contributed by atoms with van der Waals surface area (Å²) in [7, 11) is 0. The number of hydrogen-bond acceptors (Lipinski definition) is 2. The van der Waals surface area contributed by atoms with Crippen LogP contribution in [-0.4, -0.2) is 17.0 Å². The first-order valence-electron chi connectivity index (χ1n) is 15.9. The van der Waals surface area contributed by atoms with Gasteiger partial charge in [0, 0.05) is 47.0 Å². The molecule has 2 aliphatic rings. The van der Waals surface area contributed by atoms with E-state index in [1.54, 1.807) is 12.4 Å². The lowest BCUT2D eigenvalue weighted by Gasteiger charge is -2.11. The first-order valence-corrected chi connectivity index (χ1v) is 15.9. The molecule has 0 fully saturated rings. The molecule has 0 amide bonds. The van der Waals surface area contributed by atoms with Crippen molar-refractivity contribution < 1.29 is 4.58 Å². The lowest BCUT2D eigenvalue weighted by atomic mass is 9.94. The minimum Gasteiger partial charge on any atom is -0.398 e. The highest BCUT2D eigenvalue weighted by Gasteiger charge is 2.33. The summed E-state index contributed by atoms with van der Waals surface area (Å²) in [5, 5.41) is 0. The Bertz CT molecular complexity index is 2000. The molecule has 2 N–H and O–H groups in total. The highest BCUT2D eigenvalue weighted by Crippen LogP contribution is 2.39. The molecule has 5 rings (SSSR count). The van der Waals surface area contributed by atoms with Crippen LogP contribution in [0.25, 0.3) is 34.0 Å². The van der Waals surface area contributed by atoms with E-state index in [1.807, 2.05) is 49.4 Å². The third-order valence-corrected chi connectivity index (χ3v) is 8.39. The van der Waals surface area contributed by atoms with Gasteiger partial charge in [0.1, 0.15) is 0 Å². The van der Waals surface area contributed by atoms with E-state index in [9.17, 15) is 0 Å². The van der Waals surface area contributed by atoms with Crippen molar-refractivity contribution in [1.29, 1.82) is 0 Å². The van der Waals surface area contributed by atoms with Crippen LogP contribution in [0.5, 0.6) is 0 Å². The number of rotatable bonds is 12. The quantitative estimate of drug-likeness (QED) is 0.160. The zero-order valence-corrected chi connectivity index (χ0v) is 27.5. The van der Waals surface area contributed by atoms with Crippen LogP contribution in [-0.2, 0) is 0 Å². The van der Waals surface area contributed by atoms with Gasteiger partial charge in [-0.3, -0.25) is 4.99 Å². The molecule has 0 saturated carbocycles. The van der Waals surface area contributed by atoms with E-state index < -0.39 is 0 Å². The minimum atomic E-state index is 0.709. The second kappa shape index (κ2) is 15.5. The molecule has 0 atom stereocenters.